The van der Waals surface area contributed by atoms with Crippen LogP contribution in [-0.2, 0) is 0 Å². The number of nitrogens with one attached hydrogen (secondary N) is 1. The van der Waals surface area contributed by atoms with Gasteiger partial charge in [0.1, 0.15) is 0 Å². The predicted octanol–water partition coefficient (Wildman–Crippen LogP) is 1.23. The smallest absolute Gasteiger partial charge is 0.274 e. The zero-order chi connectivity index (χ0) is 14.4. The average Bonchev–Trinajstić information content (AvgIpc) is 2.91. The summed E-state index contributed by atoms with van der Waals surface area (Å²) < 4.78 is 5.20. The van der Waals surface area contributed by atoms with Crippen LogP contribution in [0, 0.1) is 5.92 Å². The van der Waals surface area contributed by atoms with Crippen molar-refractivity contribution in [1.82, 2.24) is 15.4 Å². The topological polar surface area (TPSA) is 84.4 Å². The maximum atomic E-state index is 12.5. The second-order valence-electron chi connectivity index (χ2n) is 6.00. The molecule has 6 heteroatoms. The number of nitrogens with two attached hydrogens (primary N) is 1. The maximum Gasteiger partial charge on any atom is 0.274 e. The van der Waals surface area contributed by atoms with Crippen molar-refractivity contribution < 1.29 is 9.32 Å². The molecule has 3 fully saturated rings. The highest BCUT2D eigenvalue weighted by Gasteiger charge is 2.35. The van der Waals surface area contributed by atoms with E-state index in [1.54, 1.807) is 18.2 Å². The van der Waals surface area contributed by atoms with Gasteiger partial charge in [-0.1, -0.05) is 5.16 Å². The minimum atomic E-state index is -0.155. The molecule has 110 valence electrons. The van der Waals surface area contributed by atoms with E-state index in [4.69, 9.17) is 10.3 Å². The molecule has 6 nitrogen and oxygen atoms in total. The number of nitrogens with zero attached hydrogens (tertiary/aromatic N) is 2. The van der Waals surface area contributed by atoms with Gasteiger partial charge in [0.2, 0.25) is 0 Å². The van der Waals surface area contributed by atoms with Crippen molar-refractivity contribution in [3.63, 3.8) is 0 Å². The maximum absolute atomic E-state index is 12.5. The van der Waals surface area contributed by atoms with Crippen molar-refractivity contribution in [3.05, 3.63) is 23.9 Å². The van der Waals surface area contributed by atoms with Crippen LogP contribution in [0.15, 0.2) is 22.7 Å². The third kappa shape index (κ3) is 2.15. The van der Waals surface area contributed by atoms with Crippen molar-refractivity contribution >= 4 is 22.6 Å². The van der Waals surface area contributed by atoms with Gasteiger partial charge in [-0.25, -0.2) is 0 Å². The van der Waals surface area contributed by atoms with E-state index in [9.17, 15) is 4.79 Å². The first kappa shape index (κ1) is 12.6. The number of anilines is 1. The summed E-state index contributed by atoms with van der Waals surface area (Å²) in [5.41, 5.74) is 7.20. The minimum absolute atomic E-state index is 0.155. The lowest BCUT2D eigenvalue weighted by Crippen LogP contribution is -2.57. The van der Waals surface area contributed by atoms with Crippen LogP contribution >= 0.6 is 0 Å². The summed E-state index contributed by atoms with van der Waals surface area (Å²) in [4.78, 5) is 14.9. The molecule has 1 aromatic carbocycles. The second kappa shape index (κ2) is 4.73. The number of benzene rings is 1. The molecule has 2 bridgehead atoms. The van der Waals surface area contributed by atoms with Crippen molar-refractivity contribution in [2.75, 3.05) is 25.4 Å². The molecule has 0 spiro atoms. The Morgan fingerprint density at radius 1 is 1.38 bits per heavy atom. The number of fused-ring (bicyclic) bond motifs is 4. The lowest BCUT2D eigenvalue weighted by molar-refractivity contribution is 0.0616. The standard InChI is InChI=1S/C15H18N4O2/c16-10-1-2-11-13(7-10)21-18-14(11)15(20)17-12-8-19-5-3-9(12)4-6-19/h1-2,7,9,12H,3-6,8,16H2,(H,17,20). The summed E-state index contributed by atoms with van der Waals surface area (Å²) in [5.74, 6) is 0.435. The van der Waals surface area contributed by atoms with E-state index < -0.39 is 0 Å². The van der Waals surface area contributed by atoms with Crippen molar-refractivity contribution in [1.29, 1.82) is 0 Å². The monoisotopic (exact) mass is 286 g/mol. The van der Waals surface area contributed by atoms with Crippen LogP contribution in [-0.4, -0.2) is 41.6 Å². The quantitative estimate of drug-likeness (QED) is 0.811. The number of hydrogen-bond donors (Lipinski definition) is 2. The number of aromatic nitrogens is 1. The first-order valence-corrected chi connectivity index (χ1v) is 7.39. The van der Waals surface area contributed by atoms with Gasteiger partial charge < -0.3 is 20.5 Å². The molecular formula is C15H18N4O2. The molecule has 1 atom stereocenters. The molecular weight excluding hydrogens is 268 g/mol. The number of rotatable bonds is 2. The van der Waals surface area contributed by atoms with Crippen LogP contribution in [0.25, 0.3) is 11.0 Å². The molecule has 0 saturated carbocycles. The van der Waals surface area contributed by atoms with Gasteiger partial charge in [-0.2, -0.15) is 0 Å². The largest absolute Gasteiger partial charge is 0.399 e. The SMILES string of the molecule is Nc1ccc2c(C(=O)NC3CN4CCC3CC4)noc2c1. The van der Waals surface area contributed by atoms with E-state index in [1.165, 1.54) is 12.8 Å². The molecule has 2 aromatic rings. The van der Waals surface area contributed by atoms with Gasteiger partial charge in [-0.15, -0.1) is 0 Å². The van der Waals surface area contributed by atoms with E-state index in [0.29, 0.717) is 28.3 Å². The fourth-order valence-electron chi connectivity index (χ4n) is 3.48. The average molecular weight is 286 g/mol. The molecule has 1 amide bonds. The highest BCUT2D eigenvalue weighted by molar-refractivity contribution is 6.04. The molecule has 5 rings (SSSR count). The van der Waals surface area contributed by atoms with Gasteiger partial charge in [-0.05, 0) is 44.0 Å². The summed E-state index contributed by atoms with van der Waals surface area (Å²) in [7, 11) is 0. The Kier molecular flexibility index (Phi) is 2.85. The normalized spacial score (nSPS) is 27.9. The van der Waals surface area contributed by atoms with Gasteiger partial charge in [0.15, 0.2) is 11.3 Å². The summed E-state index contributed by atoms with van der Waals surface area (Å²) in [6.07, 6.45) is 2.34. The molecule has 0 radical (unpaired) electrons. The number of hydrogen-bond acceptors (Lipinski definition) is 5. The summed E-state index contributed by atoms with van der Waals surface area (Å²) in [6, 6.07) is 5.45. The molecule has 21 heavy (non-hydrogen) atoms. The molecule has 4 heterocycles. The second-order valence-corrected chi connectivity index (χ2v) is 6.00. The zero-order valence-corrected chi connectivity index (χ0v) is 11.7. The van der Waals surface area contributed by atoms with E-state index in [0.717, 1.165) is 19.6 Å². The van der Waals surface area contributed by atoms with Gasteiger partial charge in [0.05, 0.1) is 5.39 Å². The van der Waals surface area contributed by atoms with E-state index in [2.05, 4.69) is 15.4 Å². The zero-order valence-electron chi connectivity index (χ0n) is 11.7. The minimum Gasteiger partial charge on any atom is -0.399 e. The van der Waals surface area contributed by atoms with Crippen LogP contribution in [0.5, 0.6) is 0 Å². The van der Waals surface area contributed by atoms with Crippen LogP contribution < -0.4 is 11.1 Å². The Labute approximate surface area is 122 Å². The summed E-state index contributed by atoms with van der Waals surface area (Å²) >= 11 is 0. The van der Waals surface area contributed by atoms with Crippen molar-refractivity contribution in [2.24, 2.45) is 5.92 Å². The van der Waals surface area contributed by atoms with Crippen LogP contribution in [0.1, 0.15) is 23.3 Å². The molecule has 1 aromatic heterocycles. The van der Waals surface area contributed by atoms with E-state index >= 15 is 0 Å². The van der Waals surface area contributed by atoms with Crippen LogP contribution in [0.3, 0.4) is 0 Å². The molecule has 3 N–H and O–H groups in total. The van der Waals surface area contributed by atoms with Crippen molar-refractivity contribution in [2.45, 2.75) is 18.9 Å². The predicted molar refractivity (Wildman–Crippen MR) is 78.8 cm³/mol. The highest BCUT2D eigenvalue weighted by Crippen LogP contribution is 2.28. The van der Waals surface area contributed by atoms with Crippen LogP contribution in [0.2, 0.25) is 0 Å². The fraction of sp³-hybridized carbons (Fsp3) is 0.467. The fourth-order valence-corrected chi connectivity index (χ4v) is 3.48. The van der Waals surface area contributed by atoms with Gasteiger partial charge in [0, 0.05) is 24.3 Å². The summed E-state index contributed by atoms with van der Waals surface area (Å²) in [5, 5.41) is 7.74. The van der Waals surface area contributed by atoms with Gasteiger partial charge >= 0.3 is 0 Å². The Hall–Kier alpha value is -2.08. The first-order valence-electron chi connectivity index (χ1n) is 7.39. The Balaban J connectivity index is 1.56. The Morgan fingerprint density at radius 3 is 2.90 bits per heavy atom. The van der Waals surface area contributed by atoms with Crippen LogP contribution in [0.4, 0.5) is 5.69 Å². The lowest BCUT2D eigenvalue weighted by atomic mass is 9.84. The molecule has 3 aliphatic heterocycles. The highest BCUT2D eigenvalue weighted by atomic mass is 16.5. The Bertz CT molecular complexity index is 688. The number of amides is 1. The first-order chi connectivity index (χ1) is 10.2. The van der Waals surface area contributed by atoms with E-state index in [1.807, 2.05) is 0 Å². The molecule has 3 saturated heterocycles. The molecule has 0 aliphatic carbocycles. The number of carbonyl (C=O) groups is 1. The lowest BCUT2D eigenvalue weighted by Gasteiger charge is -2.44. The third-order valence-corrected chi connectivity index (χ3v) is 4.68. The number of carbonyl (C=O) groups excluding carboxylic acids is 1. The number of nitrogen functional groups attached to an aromatic ring is 1. The van der Waals surface area contributed by atoms with E-state index in [-0.39, 0.29) is 11.9 Å². The molecule has 3 aliphatic rings. The number of piperidine rings is 3. The van der Waals surface area contributed by atoms with Crippen molar-refractivity contribution in [3.8, 4) is 0 Å². The van der Waals surface area contributed by atoms with Gasteiger partial charge in [-0.3, -0.25) is 4.79 Å². The van der Waals surface area contributed by atoms with Gasteiger partial charge in [0.25, 0.3) is 5.91 Å². The third-order valence-electron chi connectivity index (χ3n) is 4.68. The summed E-state index contributed by atoms with van der Waals surface area (Å²) in [6.45, 7) is 3.26. The Morgan fingerprint density at radius 2 is 2.19 bits per heavy atom. The molecule has 1 unspecified atom stereocenters.